The normalized spacial score (nSPS) is 29.3. The zero-order valence-electron chi connectivity index (χ0n) is 8.79. The highest BCUT2D eigenvalue weighted by Crippen LogP contribution is 2.31. The summed E-state index contributed by atoms with van der Waals surface area (Å²) in [5.74, 6) is -1.15. The second kappa shape index (κ2) is 4.21. The minimum absolute atomic E-state index is 0.260. The number of likely N-dealkylation sites (tertiary alicyclic amines) is 1. The number of halogens is 3. The van der Waals surface area contributed by atoms with Crippen molar-refractivity contribution >= 4 is 5.97 Å². The Kier molecular flexibility index (Phi) is 3.49. The van der Waals surface area contributed by atoms with Crippen molar-refractivity contribution in [3.63, 3.8) is 0 Å². The lowest BCUT2D eigenvalue weighted by Gasteiger charge is -2.32. The van der Waals surface area contributed by atoms with Gasteiger partial charge in [0.15, 0.2) is 6.10 Å². The molecule has 1 heterocycles. The van der Waals surface area contributed by atoms with Gasteiger partial charge in [-0.1, -0.05) is 0 Å². The number of nitrogens with zero attached hydrogens (tertiary/aromatic N) is 1. The Hall–Kier alpha value is -0.820. The maximum atomic E-state index is 12.1. The Balaban J connectivity index is 2.71. The van der Waals surface area contributed by atoms with E-state index in [4.69, 9.17) is 10.2 Å². The molecule has 1 saturated heterocycles. The number of aliphatic hydroxyl groups is 1. The summed E-state index contributed by atoms with van der Waals surface area (Å²) in [6.45, 7) is 0.952. The maximum Gasteiger partial charge on any atom is 0.415 e. The summed E-state index contributed by atoms with van der Waals surface area (Å²) in [6, 6.07) is 0. The van der Waals surface area contributed by atoms with Gasteiger partial charge in [0.25, 0.3) is 0 Å². The number of carboxylic acids is 1. The molecule has 2 N–H and O–H groups in total. The Morgan fingerprint density at radius 3 is 2.56 bits per heavy atom. The zero-order valence-corrected chi connectivity index (χ0v) is 8.79. The molecule has 2 atom stereocenters. The molecule has 0 aromatic carbocycles. The van der Waals surface area contributed by atoms with Gasteiger partial charge in [0.05, 0.1) is 0 Å². The molecule has 1 fully saturated rings. The number of β-amino-alcohol motifs (C(OH)–C–C–N with tert-alkyl or cyclic N) is 1. The molecule has 0 saturated carbocycles. The van der Waals surface area contributed by atoms with E-state index in [0.717, 1.165) is 0 Å². The third-order valence-electron chi connectivity index (χ3n) is 3.02. The molecule has 0 aliphatic carbocycles. The first-order valence-corrected chi connectivity index (χ1v) is 4.91. The molecule has 0 bridgehead atoms. The number of carbonyl (C=O) groups is 1. The van der Waals surface area contributed by atoms with Crippen LogP contribution >= 0.6 is 0 Å². The molecule has 94 valence electrons. The summed E-state index contributed by atoms with van der Waals surface area (Å²) in [4.78, 5) is 12.1. The number of aliphatic carboxylic acids is 1. The smallest absolute Gasteiger partial charge is 0.415 e. The largest absolute Gasteiger partial charge is 0.480 e. The highest BCUT2D eigenvalue weighted by Gasteiger charge is 2.47. The molecule has 0 aromatic heterocycles. The summed E-state index contributed by atoms with van der Waals surface area (Å²) in [7, 11) is 0. The predicted octanol–water partition coefficient (Wildman–Crippen LogP) is 0.849. The fourth-order valence-corrected chi connectivity index (χ4v) is 1.87. The topological polar surface area (TPSA) is 60.8 Å². The minimum Gasteiger partial charge on any atom is -0.480 e. The summed E-state index contributed by atoms with van der Waals surface area (Å²) in [5, 5.41) is 17.9. The van der Waals surface area contributed by atoms with Gasteiger partial charge in [-0.2, -0.15) is 13.2 Å². The fraction of sp³-hybridized carbons (Fsp3) is 0.889. The average molecular weight is 241 g/mol. The van der Waals surface area contributed by atoms with E-state index in [2.05, 4.69) is 0 Å². The van der Waals surface area contributed by atoms with Crippen molar-refractivity contribution in [2.75, 3.05) is 13.1 Å². The van der Waals surface area contributed by atoms with Crippen molar-refractivity contribution in [1.82, 2.24) is 4.90 Å². The molecule has 7 heteroatoms. The second-order valence-corrected chi connectivity index (χ2v) is 4.19. The molecule has 4 nitrogen and oxygen atoms in total. The Bertz CT molecular complexity index is 282. The van der Waals surface area contributed by atoms with Crippen LogP contribution < -0.4 is 0 Å². The lowest BCUT2D eigenvalue weighted by atomic mass is 9.99. The van der Waals surface area contributed by atoms with E-state index in [0.29, 0.717) is 12.8 Å². The molecule has 1 aliphatic rings. The number of rotatable bonds is 3. The van der Waals surface area contributed by atoms with Gasteiger partial charge in [0, 0.05) is 6.54 Å². The van der Waals surface area contributed by atoms with Gasteiger partial charge in [0.1, 0.15) is 5.54 Å². The maximum absolute atomic E-state index is 12.1. The van der Waals surface area contributed by atoms with Crippen molar-refractivity contribution in [3.8, 4) is 0 Å². The van der Waals surface area contributed by atoms with Crippen LogP contribution in [-0.2, 0) is 4.79 Å². The molecule has 0 aromatic rings. The number of aliphatic hydroxyl groups excluding tert-OH is 1. The van der Waals surface area contributed by atoms with Crippen LogP contribution in [-0.4, -0.2) is 52.0 Å². The van der Waals surface area contributed by atoms with Crippen molar-refractivity contribution in [3.05, 3.63) is 0 Å². The van der Waals surface area contributed by atoms with Gasteiger partial charge in [0.2, 0.25) is 0 Å². The van der Waals surface area contributed by atoms with Gasteiger partial charge in [-0.05, 0) is 26.3 Å². The number of hydrogen-bond donors (Lipinski definition) is 2. The summed E-state index contributed by atoms with van der Waals surface area (Å²) in [5.41, 5.74) is -1.30. The average Bonchev–Trinajstić information content (AvgIpc) is 2.47. The molecule has 0 spiro atoms. The molecular weight excluding hydrogens is 227 g/mol. The SMILES string of the molecule is CC1(C(=O)O)CCCN1CC(O)C(F)(F)F. The molecule has 1 rings (SSSR count). The predicted molar refractivity (Wildman–Crippen MR) is 48.9 cm³/mol. The van der Waals surface area contributed by atoms with Gasteiger partial charge in [-0.25, -0.2) is 0 Å². The summed E-state index contributed by atoms with van der Waals surface area (Å²) < 4.78 is 36.4. The lowest BCUT2D eigenvalue weighted by Crippen LogP contribution is -2.52. The standard InChI is InChI=1S/C9H14F3NO3/c1-8(7(15)16)3-2-4-13(8)5-6(14)9(10,11)12/h6,14H,2-5H2,1H3,(H,15,16). The van der Waals surface area contributed by atoms with Crippen LogP contribution in [0, 0.1) is 0 Å². The number of hydrogen-bond acceptors (Lipinski definition) is 3. The van der Waals surface area contributed by atoms with Crippen LogP contribution in [0.25, 0.3) is 0 Å². The number of carboxylic acid groups (broad SMARTS) is 1. The van der Waals surface area contributed by atoms with Crippen molar-refractivity contribution < 1.29 is 28.2 Å². The van der Waals surface area contributed by atoms with E-state index in [1.807, 2.05) is 0 Å². The zero-order chi connectivity index (χ0) is 12.6. The van der Waals surface area contributed by atoms with Crippen LogP contribution in [0.1, 0.15) is 19.8 Å². The van der Waals surface area contributed by atoms with Crippen LogP contribution in [0.2, 0.25) is 0 Å². The molecule has 2 unspecified atom stereocenters. The third-order valence-corrected chi connectivity index (χ3v) is 3.02. The van der Waals surface area contributed by atoms with E-state index < -0.39 is 30.3 Å². The molecular formula is C9H14F3NO3. The van der Waals surface area contributed by atoms with E-state index in [1.54, 1.807) is 0 Å². The summed E-state index contributed by atoms with van der Waals surface area (Å²) >= 11 is 0. The van der Waals surface area contributed by atoms with E-state index in [9.17, 15) is 18.0 Å². The van der Waals surface area contributed by atoms with E-state index >= 15 is 0 Å². The molecule has 16 heavy (non-hydrogen) atoms. The van der Waals surface area contributed by atoms with Crippen LogP contribution in [0.15, 0.2) is 0 Å². The van der Waals surface area contributed by atoms with Crippen molar-refractivity contribution in [1.29, 1.82) is 0 Å². The first-order valence-electron chi connectivity index (χ1n) is 4.91. The van der Waals surface area contributed by atoms with Crippen LogP contribution in [0.3, 0.4) is 0 Å². The first kappa shape index (κ1) is 13.2. The first-order chi connectivity index (χ1) is 7.18. The molecule has 1 aliphatic heterocycles. The van der Waals surface area contributed by atoms with Gasteiger partial charge in [-0.15, -0.1) is 0 Å². The highest BCUT2D eigenvalue weighted by molar-refractivity contribution is 5.78. The Labute approximate surface area is 90.7 Å². The van der Waals surface area contributed by atoms with E-state index in [-0.39, 0.29) is 6.54 Å². The minimum atomic E-state index is -4.71. The van der Waals surface area contributed by atoms with Crippen LogP contribution in [0.5, 0.6) is 0 Å². The van der Waals surface area contributed by atoms with Gasteiger partial charge in [-0.3, -0.25) is 9.69 Å². The molecule has 0 amide bonds. The Morgan fingerprint density at radius 1 is 1.56 bits per heavy atom. The summed E-state index contributed by atoms with van der Waals surface area (Å²) in [6.07, 6.45) is -6.38. The lowest BCUT2D eigenvalue weighted by molar-refractivity contribution is -0.211. The van der Waals surface area contributed by atoms with Gasteiger partial charge >= 0.3 is 12.1 Å². The monoisotopic (exact) mass is 241 g/mol. The van der Waals surface area contributed by atoms with Crippen molar-refractivity contribution in [2.45, 2.75) is 37.6 Å². The van der Waals surface area contributed by atoms with E-state index in [1.165, 1.54) is 11.8 Å². The van der Waals surface area contributed by atoms with Crippen LogP contribution in [0.4, 0.5) is 13.2 Å². The second-order valence-electron chi connectivity index (χ2n) is 4.19. The van der Waals surface area contributed by atoms with Gasteiger partial charge < -0.3 is 10.2 Å². The Morgan fingerprint density at radius 2 is 2.12 bits per heavy atom. The van der Waals surface area contributed by atoms with Crippen molar-refractivity contribution in [2.24, 2.45) is 0 Å². The quantitative estimate of drug-likeness (QED) is 0.769. The highest BCUT2D eigenvalue weighted by atomic mass is 19.4. The number of alkyl halides is 3. The fourth-order valence-electron chi connectivity index (χ4n) is 1.87. The molecule has 0 radical (unpaired) electrons. The third kappa shape index (κ3) is 2.46.